The molecule has 3 aromatic rings. The molecule has 3 aromatic carbocycles. The van der Waals surface area contributed by atoms with Crippen molar-refractivity contribution in [3.8, 4) is 17.2 Å². The van der Waals surface area contributed by atoms with Crippen LogP contribution in [0.1, 0.15) is 16.7 Å². The zero-order chi connectivity index (χ0) is 22.4. The Labute approximate surface area is 183 Å². The van der Waals surface area contributed by atoms with E-state index < -0.39 is 9.84 Å². The molecule has 0 saturated carbocycles. The standard InChI is InChI=1S/C25H26O5S/c1-18-10-12-22(13-11-18)31(26,27)17-21(20-8-6-5-7-9-20)14-19-15-23(28-2)25(30-4)24(16-19)29-3/h5-16H,17H2,1-4H3/b21-14+. The van der Waals surface area contributed by atoms with Gasteiger partial charge in [0, 0.05) is 0 Å². The molecule has 0 N–H and O–H groups in total. The van der Waals surface area contributed by atoms with E-state index in [1.807, 2.05) is 43.3 Å². The van der Waals surface area contributed by atoms with Crippen molar-refractivity contribution >= 4 is 21.5 Å². The monoisotopic (exact) mass is 438 g/mol. The fourth-order valence-electron chi connectivity index (χ4n) is 3.28. The van der Waals surface area contributed by atoms with Gasteiger partial charge in [0.2, 0.25) is 5.75 Å². The van der Waals surface area contributed by atoms with Crippen LogP contribution in [0.2, 0.25) is 0 Å². The van der Waals surface area contributed by atoms with Crippen LogP contribution in [0.15, 0.2) is 71.6 Å². The van der Waals surface area contributed by atoms with Crippen molar-refractivity contribution in [2.75, 3.05) is 27.1 Å². The number of hydrogen-bond acceptors (Lipinski definition) is 5. The lowest BCUT2D eigenvalue weighted by molar-refractivity contribution is 0.324. The SMILES string of the molecule is COc1cc(/C=C(\CS(=O)(=O)c2ccc(C)cc2)c2ccccc2)cc(OC)c1OC. The third-order valence-corrected chi connectivity index (χ3v) is 6.58. The van der Waals surface area contributed by atoms with Gasteiger partial charge in [-0.3, -0.25) is 0 Å². The van der Waals surface area contributed by atoms with Gasteiger partial charge in [0.25, 0.3) is 0 Å². The van der Waals surface area contributed by atoms with Gasteiger partial charge in [-0.05, 0) is 54.0 Å². The molecular weight excluding hydrogens is 412 g/mol. The van der Waals surface area contributed by atoms with E-state index in [0.717, 1.165) is 16.7 Å². The van der Waals surface area contributed by atoms with Crippen molar-refractivity contribution in [1.82, 2.24) is 0 Å². The molecule has 0 amide bonds. The van der Waals surface area contributed by atoms with Crippen LogP contribution < -0.4 is 14.2 Å². The van der Waals surface area contributed by atoms with Crippen LogP contribution in [-0.4, -0.2) is 35.5 Å². The smallest absolute Gasteiger partial charge is 0.203 e. The van der Waals surface area contributed by atoms with Gasteiger partial charge >= 0.3 is 0 Å². The molecule has 0 saturated heterocycles. The zero-order valence-corrected chi connectivity index (χ0v) is 18.9. The van der Waals surface area contributed by atoms with E-state index in [2.05, 4.69) is 0 Å². The van der Waals surface area contributed by atoms with E-state index in [1.54, 1.807) is 57.7 Å². The van der Waals surface area contributed by atoms with Gasteiger partial charge in [-0.25, -0.2) is 8.42 Å². The van der Waals surface area contributed by atoms with Crippen LogP contribution in [0.4, 0.5) is 0 Å². The number of ether oxygens (including phenoxy) is 3. The summed E-state index contributed by atoms with van der Waals surface area (Å²) >= 11 is 0. The van der Waals surface area contributed by atoms with Crippen molar-refractivity contribution in [3.63, 3.8) is 0 Å². The Hall–Kier alpha value is -3.25. The van der Waals surface area contributed by atoms with Crippen molar-refractivity contribution in [2.45, 2.75) is 11.8 Å². The molecule has 0 aliphatic heterocycles. The summed E-state index contributed by atoms with van der Waals surface area (Å²) in [5, 5.41) is 0. The number of benzene rings is 3. The van der Waals surface area contributed by atoms with Crippen LogP contribution in [0.5, 0.6) is 17.2 Å². The molecule has 6 heteroatoms. The maximum absolute atomic E-state index is 13.2. The van der Waals surface area contributed by atoms with Crippen LogP contribution in [0.25, 0.3) is 11.6 Å². The zero-order valence-electron chi connectivity index (χ0n) is 18.1. The Morgan fingerprint density at radius 3 is 1.94 bits per heavy atom. The number of aryl methyl sites for hydroxylation is 1. The summed E-state index contributed by atoms with van der Waals surface area (Å²) in [5.74, 6) is 1.34. The van der Waals surface area contributed by atoms with Crippen LogP contribution in [0.3, 0.4) is 0 Å². The number of sulfone groups is 1. The van der Waals surface area contributed by atoms with Gasteiger partial charge in [-0.2, -0.15) is 0 Å². The summed E-state index contributed by atoms with van der Waals surface area (Å²) in [6.07, 6.45) is 1.84. The predicted octanol–water partition coefficient (Wildman–Crippen LogP) is 5.04. The lowest BCUT2D eigenvalue weighted by atomic mass is 10.0. The molecule has 0 bridgehead atoms. The lowest BCUT2D eigenvalue weighted by Gasteiger charge is -2.14. The highest BCUT2D eigenvalue weighted by Crippen LogP contribution is 2.39. The third-order valence-electron chi connectivity index (χ3n) is 4.90. The second kappa shape index (κ2) is 9.71. The molecule has 5 nitrogen and oxygen atoms in total. The summed E-state index contributed by atoms with van der Waals surface area (Å²) in [6, 6.07) is 20.0. The van der Waals surface area contributed by atoms with Gasteiger partial charge in [0.05, 0.1) is 32.0 Å². The predicted molar refractivity (Wildman–Crippen MR) is 124 cm³/mol. The van der Waals surface area contributed by atoms with Gasteiger partial charge in [-0.15, -0.1) is 0 Å². The van der Waals surface area contributed by atoms with Crippen LogP contribution in [0, 0.1) is 6.92 Å². The Morgan fingerprint density at radius 1 is 0.839 bits per heavy atom. The van der Waals surface area contributed by atoms with E-state index >= 15 is 0 Å². The minimum absolute atomic E-state index is 0.142. The molecule has 0 unspecified atom stereocenters. The summed E-state index contributed by atoms with van der Waals surface area (Å²) in [7, 11) is 1.09. The first kappa shape index (κ1) is 22.4. The van der Waals surface area contributed by atoms with Crippen molar-refractivity contribution < 1.29 is 22.6 Å². The van der Waals surface area contributed by atoms with E-state index in [9.17, 15) is 8.42 Å². The van der Waals surface area contributed by atoms with E-state index in [-0.39, 0.29) is 5.75 Å². The minimum atomic E-state index is -3.54. The second-order valence-electron chi connectivity index (χ2n) is 7.07. The van der Waals surface area contributed by atoms with E-state index in [0.29, 0.717) is 27.7 Å². The minimum Gasteiger partial charge on any atom is -0.493 e. The Bertz CT molecular complexity index is 1140. The first-order valence-electron chi connectivity index (χ1n) is 9.73. The fraction of sp³-hybridized carbons (Fsp3) is 0.200. The Balaban J connectivity index is 2.10. The van der Waals surface area contributed by atoms with Crippen molar-refractivity contribution in [2.24, 2.45) is 0 Å². The Kier molecular flexibility index (Phi) is 7.02. The molecule has 0 radical (unpaired) electrons. The number of methoxy groups -OCH3 is 3. The lowest BCUT2D eigenvalue weighted by Crippen LogP contribution is -2.09. The highest BCUT2D eigenvalue weighted by molar-refractivity contribution is 7.91. The molecular formula is C25H26O5S. The molecule has 0 aliphatic carbocycles. The maximum Gasteiger partial charge on any atom is 0.203 e. The molecule has 0 spiro atoms. The average Bonchev–Trinajstić information content (AvgIpc) is 2.78. The molecule has 31 heavy (non-hydrogen) atoms. The highest BCUT2D eigenvalue weighted by atomic mass is 32.2. The molecule has 162 valence electrons. The largest absolute Gasteiger partial charge is 0.493 e. The molecule has 0 aliphatic rings. The molecule has 3 rings (SSSR count). The number of rotatable bonds is 8. The molecule has 0 aromatic heterocycles. The first-order valence-corrected chi connectivity index (χ1v) is 11.4. The topological polar surface area (TPSA) is 61.8 Å². The molecule has 0 fully saturated rings. The first-order chi connectivity index (χ1) is 14.9. The highest BCUT2D eigenvalue weighted by Gasteiger charge is 2.19. The van der Waals surface area contributed by atoms with Gasteiger partial charge in [-0.1, -0.05) is 48.0 Å². The average molecular weight is 439 g/mol. The number of hydrogen-bond donors (Lipinski definition) is 0. The van der Waals surface area contributed by atoms with Crippen molar-refractivity contribution in [1.29, 1.82) is 0 Å². The molecule has 0 heterocycles. The van der Waals surface area contributed by atoms with Crippen LogP contribution >= 0.6 is 0 Å². The van der Waals surface area contributed by atoms with E-state index in [4.69, 9.17) is 14.2 Å². The summed E-state index contributed by atoms with van der Waals surface area (Å²) in [5.41, 5.74) is 3.24. The maximum atomic E-state index is 13.2. The summed E-state index contributed by atoms with van der Waals surface area (Å²) in [6.45, 7) is 1.93. The molecule has 0 atom stereocenters. The van der Waals surface area contributed by atoms with Gasteiger partial charge < -0.3 is 14.2 Å². The fourth-order valence-corrected chi connectivity index (χ4v) is 4.66. The summed E-state index contributed by atoms with van der Waals surface area (Å²) in [4.78, 5) is 0.296. The van der Waals surface area contributed by atoms with Crippen molar-refractivity contribution in [3.05, 3.63) is 83.4 Å². The van der Waals surface area contributed by atoms with E-state index in [1.165, 1.54) is 0 Å². The third kappa shape index (κ3) is 5.27. The normalized spacial score (nSPS) is 11.8. The van der Waals surface area contributed by atoms with Gasteiger partial charge in [0.15, 0.2) is 21.3 Å². The van der Waals surface area contributed by atoms with Gasteiger partial charge in [0.1, 0.15) is 0 Å². The quantitative estimate of drug-likeness (QED) is 0.461. The summed E-state index contributed by atoms with van der Waals surface area (Å²) < 4.78 is 42.6. The Morgan fingerprint density at radius 2 is 1.42 bits per heavy atom. The second-order valence-corrected chi connectivity index (χ2v) is 9.06. The van der Waals surface area contributed by atoms with Crippen LogP contribution in [-0.2, 0) is 9.84 Å².